The lowest BCUT2D eigenvalue weighted by Gasteiger charge is -2.11. The number of sulfone groups is 1. The maximum absolute atomic E-state index is 13.1. The number of hydrogen-bond donors (Lipinski definition) is 0. The van der Waals surface area contributed by atoms with E-state index >= 15 is 0 Å². The molecule has 0 atom stereocenters. The number of rotatable bonds is 6. The highest BCUT2D eigenvalue weighted by Crippen LogP contribution is 2.42. The van der Waals surface area contributed by atoms with Gasteiger partial charge in [0, 0.05) is 30.1 Å². The summed E-state index contributed by atoms with van der Waals surface area (Å²) in [4.78, 5) is 13.3. The maximum atomic E-state index is 13.1. The number of hydrogen-bond acceptors (Lipinski definition) is 6. The molecule has 0 aliphatic heterocycles. The Balaban J connectivity index is 1.78. The highest BCUT2D eigenvalue weighted by Gasteiger charge is 2.33. The Morgan fingerprint density at radius 3 is 2.77 bits per heavy atom. The predicted molar refractivity (Wildman–Crippen MR) is 92.8 cm³/mol. The first kappa shape index (κ1) is 16.7. The minimum atomic E-state index is -3.38. The molecule has 26 heavy (non-hydrogen) atoms. The Bertz CT molecular complexity index is 1060. The summed E-state index contributed by atoms with van der Waals surface area (Å²) in [5.74, 6) is 0.656. The fourth-order valence-electron chi connectivity index (χ4n) is 2.93. The van der Waals surface area contributed by atoms with Gasteiger partial charge in [0.1, 0.15) is 0 Å². The summed E-state index contributed by atoms with van der Waals surface area (Å²) in [6, 6.07) is 6.32. The van der Waals surface area contributed by atoms with Crippen molar-refractivity contribution >= 4 is 15.6 Å². The first-order valence-electron chi connectivity index (χ1n) is 8.23. The van der Waals surface area contributed by atoms with E-state index in [-0.39, 0.29) is 16.6 Å². The molecule has 1 fully saturated rings. The Labute approximate surface area is 150 Å². The molecule has 2 heterocycles. The van der Waals surface area contributed by atoms with E-state index in [1.165, 1.54) is 18.3 Å². The van der Waals surface area contributed by atoms with Crippen LogP contribution in [0.3, 0.4) is 0 Å². The molecule has 0 N–H and O–H groups in total. The summed E-state index contributed by atoms with van der Waals surface area (Å²) in [5.41, 5.74) is 1.46. The van der Waals surface area contributed by atoms with Crippen LogP contribution in [0.2, 0.25) is 0 Å². The van der Waals surface area contributed by atoms with Crippen molar-refractivity contribution in [3.63, 3.8) is 0 Å². The van der Waals surface area contributed by atoms with E-state index in [4.69, 9.17) is 4.52 Å². The Morgan fingerprint density at radius 1 is 1.31 bits per heavy atom. The minimum Gasteiger partial charge on any atom is -0.360 e. The number of aromatic nitrogens is 3. The number of benzene rings is 1. The van der Waals surface area contributed by atoms with Crippen molar-refractivity contribution < 1.29 is 17.7 Å². The van der Waals surface area contributed by atoms with E-state index in [1.807, 2.05) is 0 Å². The predicted octanol–water partition coefficient (Wildman–Crippen LogP) is 2.43. The molecule has 1 saturated carbocycles. The molecule has 0 saturated heterocycles. The second-order valence-electron chi connectivity index (χ2n) is 6.50. The van der Waals surface area contributed by atoms with Gasteiger partial charge in [-0.25, -0.2) is 8.42 Å². The average molecular weight is 371 g/mol. The van der Waals surface area contributed by atoms with Crippen LogP contribution < -0.4 is 0 Å². The zero-order valence-corrected chi connectivity index (χ0v) is 14.9. The molecule has 0 radical (unpaired) electrons. The monoisotopic (exact) mass is 371 g/mol. The summed E-state index contributed by atoms with van der Waals surface area (Å²) >= 11 is 0. The molecule has 0 spiro atoms. The summed E-state index contributed by atoms with van der Waals surface area (Å²) in [5, 5.41) is 7.93. The minimum absolute atomic E-state index is 0.170. The van der Waals surface area contributed by atoms with Crippen molar-refractivity contribution in [3.05, 3.63) is 65.3 Å². The van der Waals surface area contributed by atoms with Gasteiger partial charge in [-0.05, 0) is 42.7 Å². The molecule has 134 valence electrons. The van der Waals surface area contributed by atoms with Crippen LogP contribution in [0.5, 0.6) is 0 Å². The van der Waals surface area contributed by atoms with Gasteiger partial charge in [-0.2, -0.15) is 5.10 Å². The Kier molecular flexibility index (Phi) is 3.99. The molecule has 7 nitrogen and oxygen atoms in total. The smallest absolute Gasteiger partial charge is 0.198 e. The van der Waals surface area contributed by atoms with E-state index in [0.29, 0.717) is 29.0 Å². The fraction of sp³-hybridized carbons (Fsp3) is 0.278. The molecule has 1 aromatic carbocycles. The largest absolute Gasteiger partial charge is 0.360 e. The van der Waals surface area contributed by atoms with Crippen LogP contribution in [0.4, 0.5) is 0 Å². The van der Waals surface area contributed by atoms with Crippen LogP contribution in [0, 0.1) is 0 Å². The van der Waals surface area contributed by atoms with Crippen LogP contribution in [-0.2, 0) is 16.4 Å². The zero-order valence-electron chi connectivity index (χ0n) is 14.1. The number of carbonyl (C=O) groups is 1. The number of carbonyl (C=O) groups excluding carboxylic acids is 1. The van der Waals surface area contributed by atoms with Gasteiger partial charge in [0.15, 0.2) is 21.4 Å². The third kappa shape index (κ3) is 3.20. The topological polar surface area (TPSA) is 95.1 Å². The van der Waals surface area contributed by atoms with Crippen molar-refractivity contribution in [1.82, 2.24) is 14.9 Å². The van der Waals surface area contributed by atoms with Crippen molar-refractivity contribution in [3.8, 4) is 0 Å². The molecule has 0 bridgehead atoms. The lowest BCUT2D eigenvalue weighted by molar-refractivity contribution is 0.103. The zero-order chi connectivity index (χ0) is 18.3. The molecule has 4 rings (SSSR count). The van der Waals surface area contributed by atoms with Gasteiger partial charge in [0.2, 0.25) is 0 Å². The van der Waals surface area contributed by atoms with E-state index in [9.17, 15) is 13.2 Å². The Hall–Kier alpha value is -2.74. The van der Waals surface area contributed by atoms with Gasteiger partial charge in [-0.1, -0.05) is 5.16 Å². The number of nitrogens with zero attached hydrogens (tertiary/aromatic N) is 3. The molecular formula is C18H17N3O4S. The maximum Gasteiger partial charge on any atom is 0.198 e. The third-order valence-corrected chi connectivity index (χ3v) is 5.54. The first-order valence-corrected chi connectivity index (χ1v) is 10.1. The summed E-state index contributed by atoms with van der Waals surface area (Å²) < 4.78 is 30.8. The van der Waals surface area contributed by atoms with Crippen molar-refractivity contribution in [2.24, 2.45) is 0 Å². The molecule has 1 aliphatic rings. The van der Waals surface area contributed by atoms with Crippen molar-refractivity contribution in [2.45, 2.75) is 30.2 Å². The van der Waals surface area contributed by atoms with E-state index in [1.54, 1.807) is 29.2 Å². The first-order chi connectivity index (χ1) is 12.4. The number of ketones is 1. The van der Waals surface area contributed by atoms with Gasteiger partial charge in [-0.3, -0.25) is 9.48 Å². The lowest BCUT2D eigenvalue weighted by Crippen LogP contribution is -2.11. The highest BCUT2D eigenvalue weighted by atomic mass is 32.2. The van der Waals surface area contributed by atoms with E-state index in [2.05, 4.69) is 10.3 Å². The van der Waals surface area contributed by atoms with E-state index in [0.717, 1.165) is 19.1 Å². The molecule has 3 aromatic rings. The van der Waals surface area contributed by atoms with Crippen LogP contribution >= 0.6 is 0 Å². The normalized spacial score (nSPS) is 14.5. The lowest BCUT2D eigenvalue weighted by atomic mass is 9.98. The van der Waals surface area contributed by atoms with Crippen LogP contribution in [-0.4, -0.2) is 35.4 Å². The van der Waals surface area contributed by atoms with E-state index < -0.39 is 9.84 Å². The molecule has 0 amide bonds. The van der Waals surface area contributed by atoms with Crippen LogP contribution in [0.1, 0.15) is 46.0 Å². The molecule has 0 unspecified atom stereocenters. The van der Waals surface area contributed by atoms with Gasteiger partial charge in [-0.15, -0.1) is 0 Å². The van der Waals surface area contributed by atoms with Crippen LogP contribution in [0.15, 0.2) is 52.3 Å². The molecule has 8 heteroatoms. The third-order valence-electron chi connectivity index (χ3n) is 4.43. The second kappa shape index (κ2) is 6.21. The van der Waals surface area contributed by atoms with Crippen LogP contribution in [0.25, 0.3) is 0 Å². The van der Waals surface area contributed by atoms with Gasteiger partial charge in [0.25, 0.3) is 0 Å². The fourth-order valence-corrected chi connectivity index (χ4v) is 3.60. The Morgan fingerprint density at radius 2 is 2.12 bits per heavy atom. The average Bonchev–Trinajstić information content (AvgIpc) is 3.10. The van der Waals surface area contributed by atoms with Gasteiger partial charge < -0.3 is 4.52 Å². The molecular weight excluding hydrogens is 354 g/mol. The summed E-state index contributed by atoms with van der Waals surface area (Å²) in [7, 11) is -3.38. The molecule has 1 aliphatic carbocycles. The molecule has 2 aromatic heterocycles. The SMILES string of the molecule is CS(=O)(=O)c1ccc(C(=O)c2cnoc2C2CC2)c(Cn2cccn2)c1. The highest BCUT2D eigenvalue weighted by molar-refractivity contribution is 7.90. The second-order valence-corrected chi connectivity index (χ2v) is 8.52. The van der Waals surface area contributed by atoms with Crippen molar-refractivity contribution in [2.75, 3.05) is 6.26 Å². The van der Waals surface area contributed by atoms with Gasteiger partial charge >= 0.3 is 0 Å². The quantitative estimate of drug-likeness (QED) is 0.618. The summed E-state index contributed by atoms with van der Waals surface area (Å²) in [6.07, 6.45) is 7.96. The van der Waals surface area contributed by atoms with Crippen molar-refractivity contribution in [1.29, 1.82) is 0 Å². The standard InChI is InChI=1S/C18H17N3O4S/c1-26(23,24)14-5-6-15(13(9-14)11-21-8-2-7-19-21)17(22)16-10-20-25-18(16)12-3-4-12/h2,5-10,12H,3-4,11H2,1H3. The summed E-state index contributed by atoms with van der Waals surface area (Å²) in [6.45, 7) is 0.293. The van der Waals surface area contributed by atoms with Gasteiger partial charge in [0.05, 0.1) is 23.2 Å².